The van der Waals surface area contributed by atoms with Gasteiger partial charge in [-0.05, 0) is 94.8 Å². The van der Waals surface area contributed by atoms with Crippen molar-refractivity contribution in [2.24, 2.45) is 5.73 Å². The normalized spacial score (nSPS) is 14.7. The van der Waals surface area contributed by atoms with Crippen LogP contribution in [0.5, 0.6) is 0 Å². The number of aromatic nitrogens is 5. The topological polar surface area (TPSA) is 510 Å². The van der Waals surface area contributed by atoms with Crippen molar-refractivity contribution in [3.63, 3.8) is 0 Å². The molecule has 0 spiro atoms. The average molecular weight is 1370 g/mol. The molecule has 3 heterocycles. The molecular weight excluding hydrogens is 1290 g/mol. The van der Waals surface area contributed by atoms with E-state index < -0.39 is 129 Å². The fourth-order valence-corrected chi connectivity index (χ4v) is 8.72. The number of rotatable bonds is 32. The van der Waals surface area contributed by atoms with Gasteiger partial charge in [0.25, 0.3) is 17.6 Å². The summed E-state index contributed by atoms with van der Waals surface area (Å²) in [5.74, 6) is -8.87. The molecule has 0 bridgehead atoms. The van der Waals surface area contributed by atoms with Crippen LogP contribution in [0.2, 0.25) is 0 Å². The number of hydrogen-bond donors (Lipinski definition) is 18. The van der Waals surface area contributed by atoms with Crippen LogP contribution in [0.4, 0.5) is 45.3 Å². The Labute approximate surface area is 527 Å². The molecule has 0 radical (unpaired) electrons. The number of carboxylic acids is 3. The summed E-state index contributed by atoms with van der Waals surface area (Å²) in [6.07, 6.45) is -24.7. The molecule has 20 N–H and O–H groups in total. The largest absolute Gasteiger partial charge is 0.542 e. The van der Waals surface area contributed by atoms with Crippen LogP contribution in [0.25, 0.3) is 22.2 Å². The summed E-state index contributed by atoms with van der Waals surface area (Å²) in [6, 6.07) is 14.6. The number of aromatic amines is 1. The van der Waals surface area contributed by atoms with Gasteiger partial charge in [0.15, 0.2) is 28.2 Å². The van der Waals surface area contributed by atoms with Gasteiger partial charge in [-0.2, -0.15) is 39.5 Å². The van der Waals surface area contributed by atoms with Gasteiger partial charge in [0, 0.05) is 37.5 Å². The number of benzene rings is 2. The van der Waals surface area contributed by atoms with Crippen molar-refractivity contribution in [1.29, 1.82) is 0 Å². The number of aliphatic hydroxyl groups is 10. The van der Waals surface area contributed by atoms with Gasteiger partial charge in [-0.3, -0.25) is 19.3 Å². The third-order valence-electron chi connectivity index (χ3n) is 13.7. The summed E-state index contributed by atoms with van der Waals surface area (Å²) >= 11 is 0. The van der Waals surface area contributed by atoms with Gasteiger partial charge in [0.05, 0.1) is 44.6 Å². The van der Waals surface area contributed by atoms with Crippen LogP contribution in [-0.4, -0.2) is 241 Å². The maximum Gasteiger partial charge on any atom is 0.490 e. The number of carboxylic acid groups (broad SMARTS) is 3. The molecular formula is C55H76F9N11O19. The molecule has 0 saturated heterocycles. The highest BCUT2D eigenvalue weighted by Gasteiger charge is 2.39. The van der Waals surface area contributed by atoms with Crippen molar-refractivity contribution in [2.75, 3.05) is 51.7 Å². The second-order valence-corrected chi connectivity index (χ2v) is 20.5. The molecule has 9 atom stereocenters. The Morgan fingerprint density at radius 2 is 1.18 bits per heavy atom. The molecule has 528 valence electrons. The van der Waals surface area contributed by atoms with E-state index in [1.54, 1.807) is 18.3 Å². The van der Waals surface area contributed by atoms with E-state index >= 15 is 0 Å². The van der Waals surface area contributed by atoms with Crippen LogP contribution in [0, 0.1) is 0 Å². The van der Waals surface area contributed by atoms with Crippen molar-refractivity contribution in [3.8, 4) is 0 Å². The lowest BCUT2D eigenvalue weighted by Crippen LogP contribution is -2.53. The third kappa shape index (κ3) is 26.4. The summed E-state index contributed by atoms with van der Waals surface area (Å²) in [7, 11) is 0. The maximum absolute atomic E-state index is 13.3. The number of carbonyl (C=O) groups is 6. The highest BCUT2D eigenvalue weighted by atomic mass is 19.4. The minimum Gasteiger partial charge on any atom is -0.542 e. The molecule has 0 saturated carbocycles. The summed E-state index contributed by atoms with van der Waals surface area (Å²) < 4.78 is 99.2. The Kier molecular flexibility index (Phi) is 33.6. The number of halogens is 9. The molecule has 5 aromatic rings. The molecule has 39 heteroatoms. The Morgan fingerprint density at radius 3 is 1.64 bits per heavy atom. The molecule has 3 aromatic heterocycles. The first-order chi connectivity index (χ1) is 43.7. The number of unbranched alkanes of at least 4 members (excludes halogenated alkanes) is 1. The number of H-pyrrole nitrogens is 1. The van der Waals surface area contributed by atoms with Crippen molar-refractivity contribution >= 4 is 63.6 Å². The predicted molar refractivity (Wildman–Crippen MR) is 306 cm³/mol. The number of aryl methyl sites for hydroxylation is 4. The number of amides is 3. The first-order valence-electron chi connectivity index (χ1n) is 28.3. The number of fused-ring (bicyclic) bond motifs is 2. The van der Waals surface area contributed by atoms with E-state index in [9.17, 15) is 94.7 Å². The molecule has 5 rings (SSSR count). The minimum absolute atomic E-state index is 0.0240. The number of alkyl halides is 9. The fraction of sp³-hybridized carbons (Fsp3) is 0.545. The summed E-state index contributed by atoms with van der Waals surface area (Å²) in [5.41, 5.74) is 17.2. The molecule has 94 heavy (non-hydrogen) atoms. The Bertz CT molecular complexity index is 3130. The number of imidazole rings is 1. The first kappa shape index (κ1) is 82.1. The van der Waals surface area contributed by atoms with Crippen molar-refractivity contribution in [2.45, 2.75) is 145 Å². The predicted octanol–water partition coefficient (Wildman–Crippen LogP) is -2.99. The van der Waals surface area contributed by atoms with E-state index in [4.69, 9.17) is 51.4 Å². The van der Waals surface area contributed by atoms with E-state index in [1.807, 2.05) is 50.2 Å². The second kappa shape index (κ2) is 38.4. The van der Waals surface area contributed by atoms with Gasteiger partial charge in [-0.15, -0.1) is 0 Å². The van der Waals surface area contributed by atoms with Gasteiger partial charge in [-0.25, -0.2) is 28.7 Å². The lowest BCUT2D eigenvalue weighted by molar-refractivity contribution is -0.676. The van der Waals surface area contributed by atoms with Crippen LogP contribution < -0.4 is 37.1 Å². The maximum atomic E-state index is 13.3. The van der Waals surface area contributed by atoms with Gasteiger partial charge < -0.3 is 104 Å². The van der Waals surface area contributed by atoms with E-state index in [1.165, 1.54) is 4.90 Å². The number of anilines is 1. The van der Waals surface area contributed by atoms with Crippen LogP contribution in [0.3, 0.4) is 0 Å². The number of nitrogens with one attached hydrogen (secondary N) is 4. The summed E-state index contributed by atoms with van der Waals surface area (Å²) in [6.45, 7) is 3.64. The van der Waals surface area contributed by atoms with Gasteiger partial charge in [0.2, 0.25) is 5.91 Å². The number of carbonyl (C=O) groups excluding carboxylic acids is 4. The minimum atomic E-state index is -5.19. The van der Waals surface area contributed by atoms with E-state index in [-0.39, 0.29) is 43.5 Å². The van der Waals surface area contributed by atoms with Crippen molar-refractivity contribution < 1.29 is 139 Å². The Balaban J connectivity index is 0.00000123. The number of nitrogen functional groups attached to an aromatic ring is 1. The molecule has 0 aliphatic rings. The fourth-order valence-electron chi connectivity index (χ4n) is 8.72. The van der Waals surface area contributed by atoms with Gasteiger partial charge in [0.1, 0.15) is 54.7 Å². The number of aliphatic hydroxyl groups excluding tert-OH is 10. The molecule has 1 unspecified atom stereocenters. The van der Waals surface area contributed by atoms with Gasteiger partial charge in [-0.1, -0.05) is 24.3 Å². The Morgan fingerprint density at radius 1 is 0.681 bits per heavy atom. The van der Waals surface area contributed by atoms with Crippen LogP contribution in [0.1, 0.15) is 77.3 Å². The summed E-state index contributed by atoms with van der Waals surface area (Å²) in [5, 5.41) is 132. The molecule has 0 aliphatic heterocycles. The average Bonchev–Trinajstić information content (AvgIpc) is 1.62. The molecule has 3 amide bonds. The second-order valence-electron chi connectivity index (χ2n) is 20.5. The van der Waals surface area contributed by atoms with E-state index in [0.29, 0.717) is 49.2 Å². The number of hydrogen-bond acceptors (Lipinski definition) is 22. The number of nitrogens with zero attached hydrogens (tertiary/aromatic N) is 5. The zero-order chi connectivity index (χ0) is 71.6. The zero-order valence-corrected chi connectivity index (χ0v) is 50.2. The first-order valence-corrected chi connectivity index (χ1v) is 28.3. The smallest absolute Gasteiger partial charge is 0.490 e. The number of nitrogens with two attached hydrogens (primary N) is 2. The highest BCUT2D eigenvalue weighted by Crippen LogP contribution is 2.21. The number of primary amides is 1. The molecule has 0 fully saturated rings. The lowest BCUT2D eigenvalue weighted by Gasteiger charge is -2.33. The Hall–Kier alpha value is -7.96. The number of aliphatic carboxylic acids is 3. The van der Waals surface area contributed by atoms with E-state index in [2.05, 4.69) is 40.0 Å². The van der Waals surface area contributed by atoms with E-state index in [0.717, 1.165) is 47.2 Å². The van der Waals surface area contributed by atoms with Crippen LogP contribution >= 0.6 is 0 Å². The lowest BCUT2D eigenvalue weighted by atomic mass is 10.0. The zero-order valence-electron chi connectivity index (χ0n) is 50.2. The van der Waals surface area contributed by atoms with Crippen LogP contribution in [-0.2, 0) is 51.7 Å². The highest BCUT2D eigenvalue weighted by molar-refractivity contribution is 5.98. The van der Waals surface area contributed by atoms with Gasteiger partial charge >= 0.3 is 30.5 Å². The molecule has 2 aromatic carbocycles. The third-order valence-corrected chi connectivity index (χ3v) is 13.7. The molecule has 0 aliphatic carbocycles. The quantitative estimate of drug-likeness (QED) is 0.0116. The standard InChI is InChI=1S/C49H73N11O13.3C2HF3O2/c1-3-59-33-16-14-30(22-34(33)60(4-2)39(59)23-55-49(73)40-45(50)57-47-32(56-40)17-20-53-47)48(72)54-18-6-5-8-28-9-11-29(12-10-28)13-15-31(46(51)71)52-19-7-21-58(24-35(63)41(67)43(69)37(65)26-61)25-36(64)42(68)44(70)38(66)27-62;3*3-2(4,5)1(6)7/h9-12,14,16-17,20,22,31,35-38,41-44,52,61-70H,3-8,13,15,18-19,21,23-27H2,1-2H3,(H6-,50,51,53,54,55,56,57,71,72,73);3*(H,6,7)/t31?,35-,36-,37+,38+,41+,42+,43+,44+;;;/m0.../s1. The van der Waals surface area contributed by atoms with Crippen LogP contribution in [0.15, 0.2) is 54.7 Å². The monoisotopic (exact) mass is 1370 g/mol. The van der Waals surface area contributed by atoms with Crippen molar-refractivity contribution in [1.82, 2.24) is 40.4 Å². The molecule has 30 nitrogen and oxygen atoms in total. The summed E-state index contributed by atoms with van der Waals surface area (Å²) in [4.78, 5) is 78.4. The van der Waals surface area contributed by atoms with Crippen molar-refractivity contribution in [3.05, 3.63) is 82.9 Å². The SMILES string of the molecule is CCn1c(CNC(=O)c2nc3cc[nH]c3nc2N)[n+](CC)c2ccc(C(=O)NCCCCc3ccc(CCC(NCCCN(C[C@H](O)[C@@H](O)[C@H](O)[C@H](O)CO)C[C@H](O)[C@@H](O)[C@H](O)[C@H](O)CO)C(N)=O)cc3)cc21.O=C(O)C(F)(F)F.O=C(O)C(F)(F)F.O=C([O-])C(F)(F)F.